The zero-order chi connectivity index (χ0) is 28.0. The number of rotatable bonds is 10. The number of sulfonamides is 1. The van der Waals surface area contributed by atoms with Crippen LogP contribution in [0.5, 0.6) is 5.75 Å². The second kappa shape index (κ2) is 12.2. The number of H-pyrrole nitrogens is 1. The summed E-state index contributed by atoms with van der Waals surface area (Å²) in [6.07, 6.45) is 0. The highest BCUT2D eigenvalue weighted by Gasteiger charge is 2.28. The Bertz CT molecular complexity index is 1640. The summed E-state index contributed by atoms with van der Waals surface area (Å²) in [6.45, 7) is 3.41. The maximum Gasteiger partial charge on any atom is 0.251 e. The molecule has 11 heteroatoms. The molecule has 1 heterocycles. The summed E-state index contributed by atoms with van der Waals surface area (Å²) in [5.41, 5.74) is 1.99. The number of ether oxygens (including phenoxy) is 1. The number of anilines is 1. The summed E-state index contributed by atoms with van der Waals surface area (Å²) in [6, 6.07) is 21.3. The summed E-state index contributed by atoms with van der Waals surface area (Å²) in [7, 11) is -4.12. The first kappa shape index (κ1) is 28.0. The lowest BCUT2D eigenvalue weighted by molar-refractivity contribution is -0.116. The van der Waals surface area contributed by atoms with Gasteiger partial charge in [0.15, 0.2) is 0 Å². The molecule has 1 aromatic heterocycles. The largest absolute Gasteiger partial charge is 0.492 e. The first-order valence-electron chi connectivity index (χ1n) is 12.1. The van der Waals surface area contributed by atoms with Crippen molar-refractivity contribution in [1.82, 2.24) is 14.3 Å². The normalized spacial score (nSPS) is 11.4. The van der Waals surface area contributed by atoms with Crippen molar-refractivity contribution >= 4 is 33.2 Å². The molecule has 0 spiro atoms. The molecule has 202 valence electrons. The van der Waals surface area contributed by atoms with E-state index in [0.717, 1.165) is 4.31 Å². The average Bonchev–Trinajstić information content (AvgIpc) is 2.89. The van der Waals surface area contributed by atoms with Crippen LogP contribution < -0.4 is 15.6 Å². The number of aromatic nitrogens is 2. The second-order valence-corrected chi connectivity index (χ2v) is 11.0. The van der Waals surface area contributed by atoms with Crippen LogP contribution in [-0.2, 0) is 21.4 Å². The minimum Gasteiger partial charge on any atom is -0.492 e. The second-order valence-electron chi connectivity index (χ2n) is 8.65. The first-order valence-corrected chi connectivity index (χ1v) is 13.9. The van der Waals surface area contributed by atoms with Gasteiger partial charge in [-0.05, 0) is 49.7 Å². The number of nitrogens with zero attached hydrogens (tertiary/aromatic N) is 2. The van der Waals surface area contributed by atoms with Gasteiger partial charge in [-0.2, -0.15) is 4.31 Å². The summed E-state index contributed by atoms with van der Waals surface area (Å²) >= 11 is 6.26. The Morgan fingerprint density at radius 3 is 2.51 bits per heavy atom. The Balaban J connectivity index is 1.59. The third kappa shape index (κ3) is 7.11. The molecule has 0 saturated carbocycles. The molecule has 4 aromatic rings. The number of aryl methyl sites for hydroxylation is 1. The van der Waals surface area contributed by atoms with Crippen LogP contribution >= 0.6 is 11.6 Å². The third-order valence-electron chi connectivity index (χ3n) is 5.65. The lowest BCUT2D eigenvalue weighted by atomic mass is 10.2. The number of amides is 1. The molecule has 4 rings (SSSR count). The molecular weight excluding hydrogens is 540 g/mol. The van der Waals surface area contributed by atoms with Crippen molar-refractivity contribution in [2.45, 2.75) is 25.3 Å². The SMILES string of the molecule is CCOc1ccc(S(=O)(=O)N(CC(=O)Nc2cccc(-c3nc(C)cc(=O)[nH]3)c2)Cc2ccccc2)cc1Cl. The molecule has 1 amide bonds. The summed E-state index contributed by atoms with van der Waals surface area (Å²) in [4.78, 5) is 31.9. The predicted molar refractivity (Wildman–Crippen MR) is 150 cm³/mol. The van der Waals surface area contributed by atoms with Gasteiger partial charge in [0.2, 0.25) is 15.9 Å². The lowest BCUT2D eigenvalue weighted by Crippen LogP contribution is -2.37. The fourth-order valence-corrected chi connectivity index (χ4v) is 5.61. The highest BCUT2D eigenvalue weighted by Crippen LogP contribution is 2.29. The minimum absolute atomic E-state index is 0.0318. The van der Waals surface area contributed by atoms with Crippen molar-refractivity contribution in [3.8, 4) is 17.1 Å². The maximum absolute atomic E-state index is 13.7. The predicted octanol–water partition coefficient (Wildman–Crippen LogP) is 4.63. The number of aromatic amines is 1. The molecule has 0 saturated heterocycles. The van der Waals surface area contributed by atoms with E-state index in [4.69, 9.17) is 16.3 Å². The van der Waals surface area contributed by atoms with Crippen molar-refractivity contribution < 1.29 is 17.9 Å². The summed E-state index contributed by atoms with van der Waals surface area (Å²) < 4.78 is 33.8. The van der Waals surface area contributed by atoms with Gasteiger partial charge in [0.05, 0.1) is 23.1 Å². The standard InChI is InChI=1S/C28H27ClN4O5S/c1-3-38-25-13-12-23(16-24(25)29)39(36,37)33(17-20-8-5-4-6-9-20)18-27(35)31-22-11-7-10-21(15-22)28-30-19(2)14-26(34)32-28/h4-16H,3,17-18H2,1-2H3,(H,31,35)(H,30,32,34). The van der Waals surface area contributed by atoms with Crippen LogP contribution in [0.1, 0.15) is 18.2 Å². The topological polar surface area (TPSA) is 121 Å². The molecule has 39 heavy (non-hydrogen) atoms. The minimum atomic E-state index is -4.12. The van der Waals surface area contributed by atoms with Gasteiger partial charge in [-0.25, -0.2) is 13.4 Å². The van der Waals surface area contributed by atoms with Crippen LogP contribution in [0.25, 0.3) is 11.4 Å². The number of hydrogen-bond acceptors (Lipinski definition) is 6. The zero-order valence-electron chi connectivity index (χ0n) is 21.3. The van der Waals surface area contributed by atoms with Crippen LogP contribution in [0.4, 0.5) is 5.69 Å². The monoisotopic (exact) mass is 566 g/mol. The number of nitrogens with one attached hydrogen (secondary N) is 2. The van der Waals surface area contributed by atoms with E-state index in [0.29, 0.717) is 40.7 Å². The fourth-order valence-electron chi connectivity index (χ4n) is 3.90. The molecule has 0 radical (unpaired) electrons. The Hall–Kier alpha value is -3.99. The van der Waals surface area contributed by atoms with Gasteiger partial charge in [-0.3, -0.25) is 9.59 Å². The zero-order valence-corrected chi connectivity index (χ0v) is 22.9. The summed E-state index contributed by atoms with van der Waals surface area (Å²) in [5.74, 6) is 0.181. The maximum atomic E-state index is 13.7. The van der Waals surface area contributed by atoms with E-state index in [1.54, 1.807) is 62.4 Å². The molecule has 0 fully saturated rings. The van der Waals surface area contributed by atoms with Crippen LogP contribution in [0.3, 0.4) is 0 Å². The van der Waals surface area contributed by atoms with Crippen LogP contribution in [0, 0.1) is 6.92 Å². The molecular formula is C28H27ClN4O5S. The average molecular weight is 567 g/mol. The van der Waals surface area contributed by atoms with Crippen molar-refractivity contribution in [2.75, 3.05) is 18.5 Å². The van der Waals surface area contributed by atoms with E-state index >= 15 is 0 Å². The highest BCUT2D eigenvalue weighted by molar-refractivity contribution is 7.89. The quantitative estimate of drug-likeness (QED) is 0.289. The van der Waals surface area contributed by atoms with Crippen LogP contribution in [-0.4, -0.2) is 41.7 Å². The number of benzene rings is 3. The highest BCUT2D eigenvalue weighted by atomic mass is 35.5. The first-order chi connectivity index (χ1) is 18.7. The van der Waals surface area contributed by atoms with E-state index in [1.165, 1.54) is 24.3 Å². The Morgan fingerprint density at radius 2 is 1.82 bits per heavy atom. The molecule has 0 aliphatic carbocycles. The Morgan fingerprint density at radius 1 is 1.05 bits per heavy atom. The smallest absolute Gasteiger partial charge is 0.251 e. The molecule has 3 aromatic carbocycles. The fraction of sp³-hybridized carbons (Fsp3) is 0.179. The summed E-state index contributed by atoms with van der Waals surface area (Å²) in [5, 5.41) is 2.90. The molecule has 9 nitrogen and oxygen atoms in total. The molecule has 0 aliphatic rings. The lowest BCUT2D eigenvalue weighted by Gasteiger charge is -2.22. The number of carbonyl (C=O) groups excluding carboxylic acids is 1. The molecule has 2 N–H and O–H groups in total. The van der Waals surface area contributed by atoms with Gasteiger partial charge < -0.3 is 15.0 Å². The number of halogens is 1. The van der Waals surface area contributed by atoms with Crippen LogP contribution in [0.15, 0.2) is 88.6 Å². The van der Waals surface area contributed by atoms with Gasteiger partial charge in [-0.1, -0.05) is 54.1 Å². The van der Waals surface area contributed by atoms with Crippen LogP contribution in [0.2, 0.25) is 5.02 Å². The van der Waals surface area contributed by atoms with E-state index in [2.05, 4.69) is 15.3 Å². The van der Waals surface area contributed by atoms with Gasteiger partial charge in [0.1, 0.15) is 11.6 Å². The Labute approximate surface area is 231 Å². The molecule has 0 unspecified atom stereocenters. The third-order valence-corrected chi connectivity index (χ3v) is 7.74. The van der Waals surface area contributed by atoms with E-state index in [9.17, 15) is 18.0 Å². The van der Waals surface area contributed by atoms with Crippen molar-refractivity contribution in [2.24, 2.45) is 0 Å². The number of carbonyl (C=O) groups is 1. The van der Waals surface area contributed by atoms with E-state index < -0.39 is 22.5 Å². The van der Waals surface area contributed by atoms with Gasteiger partial charge in [0, 0.05) is 29.6 Å². The van der Waals surface area contributed by atoms with E-state index in [-0.39, 0.29) is 22.0 Å². The number of hydrogen-bond donors (Lipinski definition) is 2. The molecule has 0 aliphatic heterocycles. The Kier molecular flexibility index (Phi) is 8.80. The molecule has 0 atom stereocenters. The van der Waals surface area contributed by atoms with E-state index in [1.807, 2.05) is 6.07 Å². The van der Waals surface area contributed by atoms with Gasteiger partial charge in [0.25, 0.3) is 5.56 Å². The van der Waals surface area contributed by atoms with Gasteiger partial charge in [-0.15, -0.1) is 0 Å². The molecule has 0 bridgehead atoms. The van der Waals surface area contributed by atoms with Crippen molar-refractivity contribution in [1.29, 1.82) is 0 Å². The van der Waals surface area contributed by atoms with Crippen molar-refractivity contribution in [3.63, 3.8) is 0 Å². The van der Waals surface area contributed by atoms with Crippen molar-refractivity contribution in [3.05, 3.63) is 105 Å². The van der Waals surface area contributed by atoms with Gasteiger partial charge >= 0.3 is 0 Å².